The zero-order valence-corrected chi connectivity index (χ0v) is 15.3. The third-order valence-corrected chi connectivity index (χ3v) is 5.12. The fraction of sp³-hybridized carbons (Fsp3) is 0.333. The summed E-state index contributed by atoms with van der Waals surface area (Å²) in [5.74, 6) is 0.302. The molecule has 0 spiro atoms. The third-order valence-electron chi connectivity index (χ3n) is 5.12. The number of benzene rings is 2. The number of nitrogens with zero attached hydrogens (tertiary/aromatic N) is 1. The molecule has 6 nitrogen and oxygen atoms in total. The van der Waals surface area contributed by atoms with E-state index >= 15 is 0 Å². The second kappa shape index (κ2) is 7.31. The van der Waals surface area contributed by atoms with Crippen molar-refractivity contribution in [2.24, 2.45) is 0 Å². The van der Waals surface area contributed by atoms with Gasteiger partial charge in [0.25, 0.3) is 5.91 Å². The van der Waals surface area contributed by atoms with Gasteiger partial charge in [-0.15, -0.1) is 0 Å². The highest BCUT2D eigenvalue weighted by Gasteiger charge is 2.31. The lowest BCUT2D eigenvalue weighted by molar-refractivity contribution is -0.127. The number of fused-ring (bicyclic) bond motifs is 2. The van der Waals surface area contributed by atoms with E-state index in [1.165, 1.54) is 17.5 Å². The Morgan fingerprint density at radius 1 is 1.15 bits per heavy atom. The summed E-state index contributed by atoms with van der Waals surface area (Å²) in [6.45, 7) is 0.485. The molecule has 6 heteroatoms. The minimum Gasteiger partial charge on any atom is -0.477 e. The van der Waals surface area contributed by atoms with Crippen LogP contribution in [0.1, 0.15) is 17.5 Å². The van der Waals surface area contributed by atoms with Gasteiger partial charge >= 0.3 is 0 Å². The number of likely N-dealkylation sites (N-methyl/N-ethyl adjacent to an activating group) is 1. The van der Waals surface area contributed by atoms with E-state index < -0.39 is 6.10 Å². The first-order valence-electron chi connectivity index (χ1n) is 9.28. The van der Waals surface area contributed by atoms with Gasteiger partial charge in [0.2, 0.25) is 5.91 Å². The van der Waals surface area contributed by atoms with Gasteiger partial charge in [-0.2, -0.15) is 0 Å². The molecule has 0 radical (unpaired) electrons. The van der Waals surface area contributed by atoms with Crippen LogP contribution in [0.25, 0.3) is 0 Å². The summed E-state index contributed by atoms with van der Waals surface area (Å²) in [6, 6.07) is 13.6. The molecular formula is C21H23N3O3. The smallest absolute Gasteiger partial charge is 0.262 e. The van der Waals surface area contributed by atoms with E-state index in [0.717, 1.165) is 24.2 Å². The lowest BCUT2D eigenvalue weighted by Crippen LogP contribution is -2.50. The van der Waals surface area contributed by atoms with Crippen molar-refractivity contribution in [1.29, 1.82) is 0 Å². The Morgan fingerprint density at radius 3 is 2.81 bits per heavy atom. The maximum absolute atomic E-state index is 12.6. The summed E-state index contributed by atoms with van der Waals surface area (Å²) in [5.41, 5.74) is 4.35. The quantitative estimate of drug-likeness (QED) is 0.871. The van der Waals surface area contributed by atoms with Crippen LogP contribution in [0.2, 0.25) is 0 Å². The molecule has 140 valence electrons. The molecule has 2 amide bonds. The molecule has 1 unspecified atom stereocenters. The van der Waals surface area contributed by atoms with E-state index in [1.807, 2.05) is 35.2 Å². The molecule has 1 atom stereocenters. The number of anilines is 2. The number of hydrogen-bond acceptors (Lipinski definition) is 4. The molecule has 4 rings (SSSR count). The number of carbonyl (C=O) groups is 2. The second-order valence-corrected chi connectivity index (χ2v) is 6.95. The maximum atomic E-state index is 12.6. The predicted molar refractivity (Wildman–Crippen MR) is 104 cm³/mol. The highest BCUT2D eigenvalue weighted by Crippen LogP contribution is 2.33. The monoisotopic (exact) mass is 365 g/mol. The predicted octanol–water partition coefficient (Wildman–Crippen LogP) is 2.13. The van der Waals surface area contributed by atoms with Crippen molar-refractivity contribution in [3.8, 4) is 5.75 Å². The van der Waals surface area contributed by atoms with Crippen LogP contribution in [-0.2, 0) is 22.4 Å². The number of para-hydroxylation sites is 2. The van der Waals surface area contributed by atoms with Gasteiger partial charge in [0.05, 0.1) is 18.8 Å². The van der Waals surface area contributed by atoms with Crippen LogP contribution in [0.5, 0.6) is 5.75 Å². The van der Waals surface area contributed by atoms with Gasteiger partial charge in [0, 0.05) is 12.7 Å². The molecule has 0 bridgehead atoms. The third kappa shape index (κ3) is 3.60. The Morgan fingerprint density at radius 2 is 1.96 bits per heavy atom. The largest absolute Gasteiger partial charge is 0.477 e. The van der Waals surface area contributed by atoms with Crippen molar-refractivity contribution in [2.75, 3.05) is 30.4 Å². The molecule has 27 heavy (non-hydrogen) atoms. The molecule has 1 heterocycles. The van der Waals surface area contributed by atoms with Gasteiger partial charge in [0.15, 0.2) is 6.10 Å². The number of hydrogen-bond donors (Lipinski definition) is 2. The molecular weight excluding hydrogens is 342 g/mol. The first kappa shape index (κ1) is 17.4. The van der Waals surface area contributed by atoms with E-state index in [2.05, 4.69) is 22.8 Å². The summed E-state index contributed by atoms with van der Waals surface area (Å²) >= 11 is 0. The summed E-state index contributed by atoms with van der Waals surface area (Å²) in [6.07, 6.45) is 2.73. The van der Waals surface area contributed by atoms with Crippen molar-refractivity contribution in [3.63, 3.8) is 0 Å². The molecule has 2 N–H and O–H groups in total. The highest BCUT2D eigenvalue weighted by atomic mass is 16.5. The van der Waals surface area contributed by atoms with Gasteiger partial charge < -0.3 is 20.3 Å². The van der Waals surface area contributed by atoms with E-state index in [4.69, 9.17) is 4.74 Å². The standard InChI is InChI=1S/C21H23N3O3/c1-22-21(26)19-12-24(17-7-2-3-8-18(17)27-19)13-20(25)23-16-10-9-14-5-4-6-15(14)11-16/h2-3,7-11,19H,4-6,12-13H2,1H3,(H,22,26)(H,23,25). The van der Waals surface area contributed by atoms with Crippen LogP contribution in [-0.4, -0.2) is 38.1 Å². The first-order valence-corrected chi connectivity index (χ1v) is 9.28. The zero-order chi connectivity index (χ0) is 18.8. The molecule has 2 aromatic carbocycles. The Bertz CT molecular complexity index is 881. The SMILES string of the molecule is CNC(=O)C1CN(CC(=O)Nc2ccc3c(c2)CCC3)c2ccccc2O1. The van der Waals surface area contributed by atoms with Crippen LogP contribution in [0, 0.1) is 0 Å². The molecule has 1 aliphatic heterocycles. The number of ether oxygens (including phenoxy) is 1. The molecule has 0 saturated heterocycles. The van der Waals surface area contributed by atoms with Gasteiger partial charge in [-0.25, -0.2) is 0 Å². The molecule has 0 aromatic heterocycles. The fourth-order valence-corrected chi connectivity index (χ4v) is 3.78. The average Bonchev–Trinajstić information content (AvgIpc) is 3.15. The van der Waals surface area contributed by atoms with Crippen LogP contribution >= 0.6 is 0 Å². The van der Waals surface area contributed by atoms with Crippen LogP contribution in [0.3, 0.4) is 0 Å². The molecule has 0 fully saturated rings. The van der Waals surface area contributed by atoms with Gasteiger partial charge in [-0.05, 0) is 54.7 Å². The number of carbonyl (C=O) groups excluding carboxylic acids is 2. The maximum Gasteiger partial charge on any atom is 0.262 e. The Kier molecular flexibility index (Phi) is 4.71. The fourth-order valence-electron chi connectivity index (χ4n) is 3.78. The normalized spacial score (nSPS) is 17.5. The summed E-state index contributed by atoms with van der Waals surface area (Å²) in [5, 5.41) is 5.60. The first-order chi connectivity index (χ1) is 13.1. The van der Waals surface area contributed by atoms with E-state index in [9.17, 15) is 9.59 Å². The van der Waals surface area contributed by atoms with E-state index in [0.29, 0.717) is 12.3 Å². The van der Waals surface area contributed by atoms with Crippen LogP contribution in [0.15, 0.2) is 42.5 Å². The average molecular weight is 365 g/mol. The number of aryl methyl sites for hydroxylation is 2. The molecule has 0 saturated carbocycles. The zero-order valence-electron chi connectivity index (χ0n) is 15.3. The van der Waals surface area contributed by atoms with Gasteiger partial charge in [0.1, 0.15) is 5.75 Å². The van der Waals surface area contributed by atoms with Crippen molar-refractivity contribution < 1.29 is 14.3 Å². The van der Waals surface area contributed by atoms with Crippen molar-refractivity contribution >= 4 is 23.2 Å². The summed E-state index contributed by atoms with van der Waals surface area (Å²) in [7, 11) is 1.58. The van der Waals surface area contributed by atoms with Crippen LogP contribution < -0.4 is 20.3 Å². The lowest BCUT2D eigenvalue weighted by Gasteiger charge is -2.35. The minimum atomic E-state index is -0.641. The van der Waals surface area contributed by atoms with Crippen molar-refractivity contribution in [1.82, 2.24) is 5.32 Å². The van der Waals surface area contributed by atoms with Crippen LogP contribution in [0.4, 0.5) is 11.4 Å². The van der Waals surface area contributed by atoms with E-state index in [1.54, 1.807) is 7.05 Å². The van der Waals surface area contributed by atoms with E-state index in [-0.39, 0.29) is 18.4 Å². The number of rotatable bonds is 4. The highest BCUT2D eigenvalue weighted by molar-refractivity contribution is 5.95. The minimum absolute atomic E-state index is 0.111. The Balaban J connectivity index is 1.48. The van der Waals surface area contributed by atoms with Gasteiger partial charge in [-0.3, -0.25) is 9.59 Å². The second-order valence-electron chi connectivity index (χ2n) is 6.95. The van der Waals surface area contributed by atoms with Crippen molar-refractivity contribution in [2.45, 2.75) is 25.4 Å². The Hall–Kier alpha value is -3.02. The van der Waals surface area contributed by atoms with Crippen molar-refractivity contribution in [3.05, 3.63) is 53.6 Å². The molecule has 1 aliphatic carbocycles. The topological polar surface area (TPSA) is 70.7 Å². The number of nitrogens with one attached hydrogen (secondary N) is 2. The van der Waals surface area contributed by atoms with Gasteiger partial charge in [-0.1, -0.05) is 18.2 Å². The summed E-state index contributed by atoms with van der Waals surface area (Å²) in [4.78, 5) is 26.6. The Labute approximate surface area is 158 Å². The lowest BCUT2D eigenvalue weighted by atomic mass is 10.1. The summed E-state index contributed by atoms with van der Waals surface area (Å²) < 4.78 is 5.78. The molecule has 2 aromatic rings. The molecule has 2 aliphatic rings. The number of amides is 2.